The first-order valence-electron chi connectivity index (χ1n) is 12.9. The Morgan fingerprint density at radius 2 is 1.51 bits per heavy atom. The highest BCUT2D eigenvalue weighted by molar-refractivity contribution is 6.08. The molecule has 9 nitrogen and oxygen atoms in total. The van der Waals surface area contributed by atoms with Crippen LogP contribution in [-0.4, -0.2) is 43.2 Å². The largest absolute Gasteiger partial charge is 0.493 e. The van der Waals surface area contributed by atoms with E-state index in [9.17, 15) is 9.59 Å². The number of hydrogen-bond donors (Lipinski definition) is 2. The van der Waals surface area contributed by atoms with Gasteiger partial charge in [0.05, 0.1) is 19.7 Å². The lowest BCUT2D eigenvalue weighted by atomic mass is 10.0. The summed E-state index contributed by atoms with van der Waals surface area (Å²) in [6, 6.07) is 25.8. The van der Waals surface area contributed by atoms with Crippen molar-refractivity contribution in [1.29, 1.82) is 0 Å². The maximum absolute atomic E-state index is 13.3. The van der Waals surface area contributed by atoms with Gasteiger partial charge in [0.25, 0.3) is 5.91 Å². The average Bonchev–Trinajstić information content (AvgIpc) is 3.01. The highest BCUT2D eigenvalue weighted by Crippen LogP contribution is 2.34. The summed E-state index contributed by atoms with van der Waals surface area (Å²) in [5, 5.41) is 6.48. The van der Waals surface area contributed by atoms with Crippen molar-refractivity contribution in [3.05, 3.63) is 102 Å². The van der Waals surface area contributed by atoms with Crippen LogP contribution in [0.2, 0.25) is 0 Å². The van der Waals surface area contributed by atoms with E-state index in [-0.39, 0.29) is 5.91 Å². The van der Waals surface area contributed by atoms with E-state index in [2.05, 4.69) is 20.6 Å². The molecule has 0 aliphatic rings. The van der Waals surface area contributed by atoms with Crippen LogP contribution in [0.5, 0.6) is 11.5 Å². The molecular weight excluding hydrogens is 518 g/mol. The molecule has 5 rings (SSSR count). The number of rotatable bonds is 7. The van der Waals surface area contributed by atoms with Crippen LogP contribution in [0.15, 0.2) is 91.3 Å². The Kier molecular flexibility index (Phi) is 7.78. The van der Waals surface area contributed by atoms with Crippen LogP contribution in [0.25, 0.3) is 22.0 Å². The summed E-state index contributed by atoms with van der Waals surface area (Å²) >= 11 is 0. The number of urea groups is 1. The number of carbonyl (C=O) groups excluding carboxylic acids is 2. The van der Waals surface area contributed by atoms with Crippen molar-refractivity contribution in [3.8, 4) is 22.6 Å². The summed E-state index contributed by atoms with van der Waals surface area (Å²) in [6.45, 7) is 1.86. The minimum absolute atomic E-state index is 0.290. The number of nitrogens with zero attached hydrogens (tertiary/aromatic N) is 3. The molecule has 0 fully saturated rings. The molecule has 0 radical (unpaired) electrons. The van der Waals surface area contributed by atoms with Crippen molar-refractivity contribution < 1.29 is 19.1 Å². The Labute approximate surface area is 237 Å². The van der Waals surface area contributed by atoms with Crippen LogP contribution in [0.4, 0.5) is 22.0 Å². The summed E-state index contributed by atoms with van der Waals surface area (Å²) in [7, 11) is 4.69. The van der Waals surface area contributed by atoms with E-state index < -0.39 is 6.03 Å². The van der Waals surface area contributed by atoms with E-state index in [4.69, 9.17) is 9.47 Å². The second-order valence-corrected chi connectivity index (χ2v) is 9.34. The summed E-state index contributed by atoms with van der Waals surface area (Å²) in [4.78, 5) is 36.5. The smallest absolute Gasteiger partial charge is 0.327 e. The van der Waals surface area contributed by atoms with Crippen molar-refractivity contribution in [2.45, 2.75) is 6.92 Å². The first kappa shape index (κ1) is 27.1. The van der Waals surface area contributed by atoms with Gasteiger partial charge < -0.3 is 20.1 Å². The molecule has 0 atom stereocenters. The van der Waals surface area contributed by atoms with Crippen LogP contribution in [0.3, 0.4) is 0 Å². The molecular formula is C32H29N5O4. The monoisotopic (exact) mass is 547 g/mol. The normalized spacial score (nSPS) is 10.6. The van der Waals surface area contributed by atoms with Crippen LogP contribution >= 0.6 is 0 Å². The molecule has 4 aromatic carbocycles. The topological polar surface area (TPSA) is 106 Å². The zero-order valence-corrected chi connectivity index (χ0v) is 23.1. The maximum atomic E-state index is 13.3. The molecule has 0 saturated heterocycles. The molecule has 1 aromatic heterocycles. The second-order valence-electron chi connectivity index (χ2n) is 9.34. The Balaban J connectivity index is 1.35. The van der Waals surface area contributed by atoms with E-state index in [0.29, 0.717) is 45.2 Å². The predicted octanol–water partition coefficient (Wildman–Crippen LogP) is 6.54. The molecule has 0 aliphatic heterocycles. The third kappa shape index (κ3) is 5.79. The molecule has 41 heavy (non-hydrogen) atoms. The van der Waals surface area contributed by atoms with Crippen LogP contribution in [0.1, 0.15) is 15.9 Å². The number of methoxy groups -OCH3 is 2. The standard InChI is InChI=1S/C32H29N5O4/c1-20-13-14-23(31(38)35-24-12-8-11-22(15-24)21-9-6-5-7-10-21)16-26(20)36-32(39)37(2)30-25-17-28(40-3)29(41-4)18-27(25)33-19-34-30/h5-19H,1-4H3,(H,35,38)(H,36,39). The summed E-state index contributed by atoms with van der Waals surface area (Å²) in [6.07, 6.45) is 1.39. The fourth-order valence-corrected chi connectivity index (χ4v) is 4.44. The first-order valence-corrected chi connectivity index (χ1v) is 12.9. The molecule has 0 unspecified atom stereocenters. The van der Waals surface area contributed by atoms with Gasteiger partial charge in [0.2, 0.25) is 0 Å². The van der Waals surface area contributed by atoms with Crippen molar-refractivity contribution >= 4 is 40.0 Å². The second kappa shape index (κ2) is 11.7. The fourth-order valence-electron chi connectivity index (χ4n) is 4.44. The van der Waals surface area contributed by atoms with Gasteiger partial charge in [-0.05, 0) is 53.9 Å². The van der Waals surface area contributed by atoms with E-state index in [1.807, 2.05) is 61.5 Å². The molecule has 0 spiro atoms. The van der Waals surface area contributed by atoms with E-state index >= 15 is 0 Å². The van der Waals surface area contributed by atoms with Gasteiger partial charge in [0, 0.05) is 35.4 Å². The van der Waals surface area contributed by atoms with Gasteiger partial charge in [-0.25, -0.2) is 14.8 Å². The number of nitrogens with one attached hydrogen (secondary N) is 2. The van der Waals surface area contributed by atoms with Crippen LogP contribution < -0.4 is 25.0 Å². The Bertz CT molecular complexity index is 1740. The third-order valence-electron chi connectivity index (χ3n) is 6.71. The maximum Gasteiger partial charge on any atom is 0.327 e. The molecule has 3 amide bonds. The first-order chi connectivity index (χ1) is 19.9. The van der Waals surface area contributed by atoms with E-state index in [1.54, 1.807) is 44.5 Å². The summed E-state index contributed by atoms with van der Waals surface area (Å²) < 4.78 is 10.8. The predicted molar refractivity (Wildman–Crippen MR) is 161 cm³/mol. The molecule has 5 aromatic rings. The van der Waals surface area contributed by atoms with Crippen LogP contribution in [-0.2, 0) is 0 Å². The highest BCUT2D eigenvalue weighted by Gasteiger charge is 2.19. The molecule has 9 heteroatoms. The Hall–Kier alpha value is -5.44. The quantitative estimate of drug-likeness (QED) is 0.240. The third-order valence-corrected chi connectivity index (χ3v) is 6.71. The molecule has 206 valence electrons. The van der Waals surface area contributed by atoms with Crippen molar-refractivity contribution in [2.75, 3.05) is 36.8 Å². The van der Waals surface area contributed by atoms with Gasteiger partial charge in [0.15, 0.2) is 11.5 Å². The minimum atomic E-state index is -0.434. The molecule has 0 bridgehead atoms. The van der Waals surface area contributed by atoms with Crippen LogP contribution in [0, 0.1) is 6.92 Å². The van der Waals surface area contributed by atoms with Crippen molar-refractivity contribution in [2.24, 2.45) is 0 Å². The molecule has 0 saturated carbocycles. The zero-order chi connectivity index (χ0) is 28.9. The Morgan fingerprint density at radius 3 is 2.27 bits per heavy atom. The lowest BCUT2D eigenvalue weighted by Gasteiger charge is -2.20. The fraction of sp³-hybridized carbons (Fsp3) is 0.125. The molecule has 1 heterocycles. The SMILES string of the molecule is COc1cc2ncnc(N(C)C(=O)Nc3cc(C(=O)Nc4cccc(-c5ccccc5)c4)ccc3C)c2cc1OC. The number of fused-ring (bicyclic) bond motifs is 1. The number of hydrogen-bond acceptors (Lipinski definition) is 6. The summed E-state index contributed by atoms with van der Waals surface area (Å²) in [5.74, 6) is 1.11. The summed E-state index contributed by atoms with van der Waals surface area (Å²) in [5.41, 5.74) is 5.03. The van der Waals surface area contributed by atoms with Gasteiger partial charge >= 0.3 is 6.03 Å². The lowest BCUT2D eigenvalue weighted by Crippen LogP contribution is -2.32. The average molecular weight is 548 g/mol. The van der Waals surface area contributed by atoms with Gasteiger partial charge in [0.1, 0.15) is 12.1 Å². The van der Waals surface area contributed by atoms with Gasteiger partial charge in [-0.2, -0.15) is 0 Å². The number of ether oxygens (including phenoxy) is 2. The number of benzene rings is 4. The number of aromatic nitrogens is 2. The minimum Gasteiger partial charge on any atom is -0.493 e. The van der Waals surface area contributed by atoms with E-state index in [0.717, 1.165) is 16.7 Å². The van der Waals surface area contributed by atoms with Gasteiger partial charge in [-0.1, -0.05) is 48.5 Å². The van der Waals surface area contributed by atoms with Crippen molar-refractivity contribution in [3.63, 3.8) is 0 Å². The zero-order valence-electron chi connectivity index (χ0n) is 23.1. The lowest BCUT2D eigenvalue weighted by molar-refractivity contribution is 0.102. The number of anilines is 3. The van der Waals surface area contributed by atoms with Gasteiger partial charge in [-0.3, -0.25) is 9.69 Å². The number of carbonyl (C=O) groups is 2. The van der Waals surface area contributed by atoms with Gasteiger partial charge in [-0.15, -0.1) is 0 Å². The molecule has 0 aliphatic carbocycles. The Morgan fingerprint density at radius 1 is 0.780 bits per heavy atom. The van der Waals surface area contributed by atoms with E-state index in [1.165, 1.54) is 18.3 Å². The number of amides is 3. The number of aryl methyl sites for hydroxylation is 1. The van der Waals surface area contributed by atoms with Crippen molar-refractivity contribution in [1.82, 2.24) is 9.97 Å². The molecule has 2 N–H and O–H groups in total. The highest BCUT2D eigenvalue weighted by atomic mass is 16.5.